The van der Waals surface area contributed by atoms with Crippen molar-refractivity contribution in [3.63, 3.8) is 0 Å². The quantitative estimate of drug-likeness (QED) is 0.677. The van der Waals surface area contributed by atoms with E-state index < -0.39 is 10.0 Å². The van der Waals surface area contributed by atoms with Gasteiger partial charge in [-0.05, 0) is 42.2 Å². The van der Waals surface area contributed by atoms with E-state index in [-0.39, 0.29) is 16.6 Å². The summed E-state index contributed by atoms with van der Waals surface area (Å²) in [5.74, 6) is 0.554. The molecule has 8 heteroatoms. The minimum atomic E-state index is -3.50. The number of hydrogen-bond donors (Lipinski definition) is 1. The number of carbonyl (C=O) groups is 1. The van der Waals surface area contributed by atoms with Gasteiger partial charge in [0.05, 0.1) is 10.8 Å². The highest BCUT2D eigenvalue weighted by Crippen LogP contribution is 2.21. The van der Waals surface area contributed by atoms with Crippen molar-refractivity contribution in [2.24, 2.45) is 0 Å². The third kappa shape index (κ3) is 5.79. The maximum absolute atomic E-state index is 12.1. The molecule has 0 saturated carbocycles. The number of carbonyl (C=O) groups excluding carboxylic acids is 1. The van der Waals surface area contributed by atoms with Crippen molar-refractivity contribution < 1.29 is 13.2 Å². The number of nitrogens with one attached hydrogen (secondary N) is 1. The predicted octanol–water partition coefficient (Wildman–Crippen LogP) is 3.58. The zero-order chi connectivity index (χ0) is 20.0. The Morgan fingerprint density at radius 2 is 1.85 bits per heavy atom. The first-order valence-corrected chi connectivity index (χ1v) is 11.1. The summed E-state index contributed by atoms with van der Waals surface area (Å²) in [6.07, 6.45) is 2.38. The summed E-state index contributed by atoms with van der Waals surface area (Å²) in [6.45, 7) is 4.32. The number of sulfonamides is 1. The molecule has 0 spiro atoms. The van der Waals surface area contributed by atoms with Gasteiger partial charge in [0.15, 0.2) is 0 Å². The fourth-order valence-corrected chi connectivity index (χ4v) is 3.77. The van der Waals surface area contributed by atoms with Crippen LogP contribution in [0, 0.1) is 0 Å². The summed E-state index contributed by atoms with van der Waals surface area (Å²) >= 11 is 1.26. The highest BCUT2D eigenvalue weighted by atomic mass is 32.2. The Morgan fingerprint density at radius 3 is 2.37 bits per heavy atom. The molecule has 6 nitrogen and oxygen atoms in total. The molecule has 0 aliphatic heterocycles. The van der Waals surface area contributed by atoms with Crippen LogP contribution in [0.4, 0.5) is 5.69 Å². The molecule has 0 radical (unpaired) electrons. The van der Waals surface area contributed by atoms with Gasteiger partial charge in [0.25, 0.3) is 0 Å². The summed E-state index contributed by atoms with van der Waals surface area (Å²) in [5, 5.41) is 3.45. The van der Waals surface area contributed by atoms with Gasteiger partial charge in [-0.25, -0.2) is 17.7 Å². The SMILES string of the molecule is CC[C@H](C)c1ccc(NC(=O)CSc2ccc(S(=O)(=O)N(C)C)cn2)cc1. The molecule has 1 atom stereocenters. The smallest absolute Gasteiger partial charge is 0.244 e. The molecule has 146 valence electrons. The van der Waals surface area contributed by atoms with Crippen LogP contribution in [-0.4, -0.2) is 43.5 Å². The average Bonchev–Trinajstić information content (AvgIpc) is 2.66. The van der Waals surface area contributed by atoms with E-state index in [1.807, 2.05) is 24.3 Å². The first kappa shape index (κ1) is 21.4. The topological polar surface area (TPSA) is 79.4 Å². The average molecular weight is 408 g/mol. The van der Waals surface area contributed by atoms with Gasteiger partial charge in [-0.3, -0.25) is 4.79 Å². The number of anilines is 1. The van der Waals surface area contributed by atoms with Crippen LogP contribution < -0.4 is 5.32 Å². The van der Waals surface area contributed by atoms with Gasteiger partial charge in [-0.1, -0.05) is 37.7 Å². The summed E-state index contributed by atoms with van der Waals surface area (Å²) in [6, 6.07) is 11.0. The molecular weight excluding hydrogens is 382 g/mol. The molecule has 0 unspecified atom stereocenters. The fraction of sp³-hybridized carbons (Fsp3) is 0.368. The maximum atomic E-state index is 12.1. The summed E-state index contributed by atoms with van der Waals surface area (Å²) < 4.78 is 25.2. The number of amides is 1. The Kier molecular flexibility index (Phi) is 7.41. The molecule has 2 rings (SSSR count). The van der Waals surface area contributed by atoms with Gasteiger partial charge in [0.2, 0.25) is 15.9 Å². The van der Waals surface area contributed by atoms with Crippen molar-refractivity contribution in [1.29, 1.82) is 0 Å². The number of benzene rings is 1. The Labute approximate surface area is 165 Å². The first-order valence-electron chi connectivity index (χ1n) is 8.65. The van der Waals surface area contributed by atoms with Crippen LogP contribution in [0.5, 0.6) is 0 Å². The van der Waals surface area contributed by atoms with E-state index in [1.165, 1.54) is 43.7 Å². The van der Waals surface area contributed by atoms with E-state index in [0.29, 0.717) is 10.9 Å². The Hall–Kier alpha value is -1.90. The predicted molar refractivity (Wildman–Crippen MR) is 110 cm³/mol. The summed E-state index contributed by atoms with van der Waals surface area (Å²) in [7, 11) is -0.555. The monoisotopic (exact) mass is 407 g/mol. The van der Waals surface area contributed by atoms with Gasteiger partial charge >= 0.3 is 0 Å². The van der Waals surface area contributed by atoms with E-state index in [1.54, 1.807) is 6.07 Å². The highest BCUT2D eigenvalue weighted by Gasteiger charge is 2.17. The zero-order valence-electron chi connectivity index (χ0n) is 16.0. The van der Waals surface area contributed by atoms with Crippen LogP contribution in [0.25, 0.3) is 0 Å². The number of thioether (sulfide) groups is 1. The minimum Gasteiger partial charge on any atom is -0.325 e. The molecular formula is C19H25N3O3S2. The van der Waals surface area contributed by atoms with E-state index in [4.69, 9.17) is 0 Å². The van der Waals surface area contributed by atoms with Crippen LogP contribution in [0.1, 0.15) is 31.7 Å². The normalized spacial score (nSPS) is 12.8. The molecule has 1 heterocycles. The largest absolute Gasteiger partial charge is 0.325 e. The third-order valence-corrected chi connectivity index (χ3v) is 6.96. The lowest BCUT2D eigenvalue weighted by Crippen LogP contribution is -2.22. The molecule has 1 N–H and O–H groups in total. The molecule has 1 aromatic carbocycles. The minimum absolute atomic E-state index is 0.127. The van der Waals surface area contributed by atoms with Crippen molar-refractivity contribution in [1.82, 2.24) is 9.29 Å². The Balaban J connectivity index is 1.90. The van der Waals surface area contributed by atoms with E-state index in [9.17, 15) is 13.2 Å². The van der Waals surface area contributed by atoms with Crippen molar-refractivity contribution in [3.05, 3.63) is 48.2 Å². The number of pyridine rings is 1. The lowest BCUT2D eigenvalue weighted by molar-refractivity contribution is -0.113. The van der Waals surface area contributed by atoms with Crippen LogP contribution >= 0.6 is 11.8 Å². The second-order valence-electron chi connectivity index (χ2n) is 6.39. The Morgan fingerprint density at radius 1 is 1.19 bits per heavy atom. The molecule has 2 aromatic rings. The lowest BCUT2D eigenvalue weighted by Gasteiger charge is -2.11. The van der Waals surface area contributed by atoms with E-state index in [0.717, 1.165) is 16.4 Å². The highest BCUT2D eigenvalue weighted by molar-refractivity contribution is 7.99. The van der Waals surface area contributed by atoms with Crippen molar-refractivity contribution >= 4 is 33.4 Å². The van der Waals surface area contributed by atoms with Crippen LogP contribution in [0.3, 0.4) is 0 Å². The lowest BCUT2D eigenvalue weighted by atomic mass is 9.99. The fourth-order valence-electron chi connectivity index (χ4n) is 2.28. The summed E-state index contributed by atoms with van der Waals surface area (Å²) in [5.41, 5.74) is 2.01. The second-order valence-corrected chi connectivity index (χ2v) is 9.54. The molecule has 27 heavy (non-hydrogen) atoms. The second kappa shape index (κ2) is 9.34. The third-order valence-electron chi connectivity index (χ3n) is 4.21. The first-order chi connectivity index (χ1) is 12.7. The molecule has 0 aliphatic rings. The molecule has 0 bridgehead atoms. The molecule has 0 saturated heterocycles. The van der Waals surface area contributed by atoms with E-state index in [2.05, 4.69) is 24.1 Å². The molecule has 1 amide bonds. The number of rotatable bonds is 8. The van der Waals surface area contributed by atoms with Gasteiger partial charge in [-0.2, -0.15) is 0 Å². The van der Waals surface area contributed by atoms with Crippen molar-refractivity contribution in [3.8, 4) is 0 Å². The summed E-state index contributed by atoms with van der Waals surface area (Å²) in [4.78, 5) is 16.4. The number of aromatic nitrogens is 1. The van der Waals surface area contributed by atoms with Crippen molar-refractivity contribution in [2.75, 3.05) is 25.2 Å². The number of nitrogens with zero attached hydrogens (tertiary/aromatic N) is 2. The number of hydrogen-bond acceptors (Lipinski definition) is 5. The van der Waals surface area contributed by atoms with Crippen LogP contribution in [-0.2, 0) is 14.8 Å². The standard InChI is InChI=1S/C19H25N3O3S2/c1-5-14(2)15-6-8-16(9-7-15)21-18(23)13-26-19-11-10-17(12-20-19)27(24,25)22(3)4/h6-12,14H,5,13H2,1-4H3,(H,21,23)/t14-/m0/s1. The molecule has 0 fully saturated rings. The van der Waals surface area contributed by atoms with Gasteiger partial charge in [-0.15, -0.1) is 0 Å². The van der Waals surface area contributed by atoms with Gasteiger partial charge in [0.1, 0.15) is 4.90 Å². The zero-order valence-corrected chi connectivity index (χ0v) is 17.6. The molecule has 1 aromatic heterocycles. The van der Waals surface area contributed by atoms with Crippen molar-refractivity contribution in [2.45, 2.75) is 36.1 Å². The van der Waals surface area contributed by atoms with Gasteiger partial charge < -0.3 is 5.32 Å². The van der Waals surface area contributed by atoms with E-state index >= 15 is 0 Å². The van der Waals surface area contributed by atoms with Crippen LogP contribution in [0.2, 0.25) is 0 Å². The molecule has 0 aliphatic carbocycles. The van der Waals surface area contributed by atoms with Crippen LogP contribution in [0.15, 0.2) is 52.5 Å². The van der Waals surface area contributed by atoms with Gasteiger partial charge in [0, 0.05) is 26.0 Å². The Bertz CT molecular complexity index is 864. The maximum Gasteiger partial charge on any atom is 0.244 e.